The van der Waals surface area contributed by atoms with Crippen LogP contribution in [0.15, 0.2) is 35.3 Å². The quantitative estimate of drug-likeness (QED) is 0.346. The van der Waals surface area contributed by atoms with E-state index in [2.05, 4.69) is 59.3 Å². The van der Waals surface area contributed by atoms with E-state index in [1.54, 1.807) is 0 Å². The zero-order valence-electron chi connectivity index (χ0n) is 17.6. The SMILES string of the molecule is CCNC(=NCC1CCS(=O)(=O)C1)N1CCN(C(CC)c2ccccc2)CC1.I. The molecule has 2 unspecified atom stereocenters. The smallest absolute Gasteiger partial charge is 0.194 e. The first-order chi connectivity index (χ1) is 13.5. The molecule has 2 fully saturated rings. The first-order valence-electron chi connectivity index (χ1n) is 10.5. The maximum absolute atomic E-state index is 11.7. The molecule has 0 aromatic heterocycles. The number of rotatable bonds is 6. The van der Waals surface area contributed by atoms with Crippen LogP contribution in [0, 0.1) is 5.92 Å². The highest BCUT2D eigenvalue weighted by atomic mass is 127. The van der Waals surface area contributed by atoms with Crippen LogP contribution in [0.1, 0.15) is 38.3 Å². The van der Waals surface area contributed by atoms with E-state index in [4.69, 9.17) is 4.99 Å². The Labute approximate surface area is 193 Å². The van der Waals surface area contributed by atoms with Gasteiger partial charge in [0.15, 0.2) is 15.8 Å². The van der Waals surface area contributed by atoms with Crippen molar-refractivity contribution in [3.63, 3.8) is 0 Å². The lowest BCUT2D eigenvalue weighted by molar-refractivity contribution is 0.127. The third kappa shape index (κ3) is 6.82. The lowest BCUT2D eigenvalue weighted by atomic mass is 10.0. The molecule has 2 atom stereocenters. The molecule has 0 amide bonds. The molecule has 0 spiro atoms. The molecule has 2 aliphatic rings. The third-order valence-corrected chi connectivity index (χ3v) is 7.62. The van der Waals surface area contributed by atoms with Gasteiger partial charge in [0.1, 0.15) is 0 Å². The van der Waals surface area contributed by atoms with Crippen molar-refractivity contribution in [1.29, 1.82) is 0 Å². The number of benzene rings is 1. The number of aliphatic imine (C=N–C) groups is 1. The Morgan fingerprint density at radius 1 is 1.17 bits per heavy atom. The normalized spacial score (nSPS) is 23.4. The molecule has 8 heteroatoms. The summed E-state index contributed by atoms with van der Waals surface area (Å²) in [5, 5.41) is 3.39. The van der Waals surface area contributed by atoms with Gasteiger partial charge in [-0.25, -0.2) is 8.42 Å². The molecule has 0 radical (unpaired) electrons. The second-order valence-corrected chi connectivity index (χ2v) is 10.1. The molecule has 3 rings (SSSR count). The second-order valence-electron chi connectivity index (χ2n) is 7.82. The van der Waals surface area contributed by atoms with Crippen molar-refractivity contribution in [3.8, 4) is 0 Å². The van der Waals surface area contributed by atoms with Gasteiger partial charge < -0.3 is 10.2 Å². The van der Waals surface area contributed by atoms with Crippen LogP contribution in [0.4, 0.5) is 0 Å². The molecule has 2 heterocycles. The van der Waals surface area contributed by atoms with E-state index in [0.717, 1.165) is 51.5 Å². The van der Waals surface area contributed by atoms with Crippen LogP contribution in [0.5, 0.6) is 0 Å². The first-order valence-corrected chi connectivity index (χ1v) is 12.4. The van der Waals surface area contributed by atoms with Crippen LogP contribution in [0.25, 0.3) is 0 Å². The van der Waals surface area contributed by atoms with Crippen molar-refractivity contribution in [2.75, 3.05) is 50.8 Å². The van der Waals surface area contributed by atoms with Crippen LogP contribution in [0.2, 0.25) is 0 Å². The first kappa shape index (κ1) is 24.4. The number of nitrogens with one attached hydrogen (secondary N) is 1. The highest BCUT2D eigenvalue weighted by Crippen LogP contribution is 2.25. The number of sulfone groups is 1. The Hall–Kier alpha value is -0.870. The maximum Gasteiger partial charge on any atom is 0.194 e. The zero-order valence-corrected chi connectivity index (χ0v) is 20.7. The molecule has 0 aliphatic carbocycles. The molecular weight excluding hydrogens is 499 g/mol. The molecule has 2 aliphatic heterocycles. The number of hydrogen-bond acceptors (Lipinski definition) is 4. The van der Waals surface area contributed by atoms with Gasteiger partial charge in [0.2, 0.25) is 0 Å². The number of piperazine rings is 1. The van der Waals surface area contributed by atoms with E-state index in [1.165, 1.54) is 5.56 Å². The van der Waals surface area contributed by atoms with Crippen molar-refractivity contribution >= 4 is 39.8 Å². The summed E-state index contributed by atoms with van der Waals surface area (Å²) in [6.45, 7) is 9.66. The van der Waals surface area contributed by atoms with Gasteiger partial charge >= 0.3 is 0 Å². The van der Waals surface area contributed by atoms with Crippen molar-refractivity contribution < 1.29 is 8.42 Å². The summed E-state index contributed by atoms with van der Waals surface area (Å²) in [5.74, 6) is 1.71. The van der Waals surface area contributed by atoms with Crippen molar-refractivity contribution in [1.82, 2.24) is 15.1 Å². The summed E-state index contributed by atoms with van der Waals surface area (Å²) in [5.41, 5.74) is 1.39. The Kier molecular flexibility index (Phi) is 9.68. The van der Waals surface area contributed by atoms with Crippen LogP contribution < -0.4 is 5.32 Å². The Morgan fingerprint density at radius 3 is 2.41 bits per heavy atom. The Morgan fingerprint density at radius 2 is 1.86 bits per heavy atom. The summed E-state index contributed by atoms with van der Waals surface area (Å²) in [7, 11) is -2.84. The molecule has 6 nitrogen and oxygen atoms in total. The lowest BCUT2D eigenvalue weighted by Crippen LogP contribution is -2.53. The van der Waals surface area contributed by atoms with Crippen molar-refractivity contribution in [3.05, 3.63) is 35.9 Å². The van der Waals surface area contributed by atoms with Crippen LogP contribution in [-0.4, -0.2) is 75.0 Å². The van der Waals surface area contributed by atoms with Crippen LogP contribution in [-0.2, 0) is 9.84 Å². The van der Waals surface area contributed by atoms with E-state index in [0.29, 0.717) is 24.1 Å². The van der Waals surface area contributed by atoms with Gasteiger partial charge in [0.05, 0.1) is 11.5 Å². The van der Waals surface area contributed by atoms with E-state index in [-0.39, 0.29) is 29.9 Å². The van der Waals surface area contributed by atoms with E-state index >= 15 is 0 Å². The largest absolute Gasteiger partial charge is 0.357 e. The molecule has 1 N–H and O–H groups in total. The number of halogens is 1. The number of nitrogens with zero attached hydrogens (tertiary/aromatic N) is 3. The predicted octanol–water partition coefficient (Wildman–Crippen LogP) is 2.77. The maximum atomic E-state index is 11.7. The van der Waals surface area contributed by atoms with Gasteiger partial charge in [-0.3, -0.25) is 9.89 Å². The average molecular weight is 535 g/mol. The topological polar surface area (TPSA) is 65.0 Å². The van der Waals surface area contributed by atoms with Crippen LogP contribution >= 0.6 is 24.0 Å². The fraction of sp³-hybridized carbons (Fsp3) is 0.667. The summed E-state index contributed by atoms with van der Waals surface area (Å²) < 4.78 is 23.4. The lowest BCUT2D eigenvalue weighted by Gasteiger charge is -2.40. The number of hydrogen-bond donors (Lipinski definition) is 1. The molecule has 1 aromatic rings. The molecule has 0 bridgehead atoms. The van der Waals surface area contributed by atoms with Gasteiger partial charge in [0.25, 0.3) is 0 Å². The highest BCUT2D eigenvalue weighted by Gasteiger charge is 2.29. The fourth-order valence-electron chi connectivity index (χ4n) is 4.28. The minimum absolute atomic E-state index is 0. The van der Waals surface area contributed by atoms with Gasteiger partial charge in [-0.2, -0.15) is 0 Å². The number of guanidine groups is 1. The van der Waals surface area contributed by atoms with Gasteiger partial charge in [-0.15, -0.1) is 24.0 Å². The van der Waals surface area contributed by atoms with Gasteiger partial charge in [-0.1, -0.05) is 37.3 Å². The molecule has 0 saturated carbocycles. The van der Waals surface area contributed by atoms with Gasteiger partial charge in [-0.05, 0) is 31.2 Å². The standard InChI is InChI=1S/C21H34N4O2S.HI/c1-3-20(19-8-6-5-7-9-19)24-11-13-25(14-12-24)21(22-4-2)23-16-18-10-15-28(26,27)17-18;/h5-9,18,20H,3-4,10-17H2,1-2H3,(H,22,23);1H. The van der Waals surface area contributed by atoms with E-state index in [1.807, 2.05) is 0 Å². The Bertz CT molecular complexity index is 749. The summed E-state index contributed by atoms with van der Waals surface area (Å²) >= 11 is 0. The fourth-order valence-corrected chi connectivity index (χ4v) is 6.13. The minimum Gasteiger partial charge on any atom is -0.357 e. The average Bonchev–Trinajstić information content (AvgIpc) is 3.06. The molecule has 1 aromatic carbocycles. The molecule has 2 saturated heterocycles. The highest BCUT2D eigenvalue weighted by molar-refractivity contribution is 14.0. The monoisotopic (exact) mass is 534 g/mol. The third-order valence-electron chi connectivity index (χ3n) is 5.79. The summed E-state index contributed by atoms with van der Waals surface area (Å²) in [4.78, 5) is 9.67. The molecule has 164 valence electrons. The second kappa shape index (κ2) is 11.5. The zero-order chi connectivity index (χ0) is 20.0. The molecule has 29 heavy (non-hydrogen) atoms. The summed E-state index contributed by atoms with van der Waals surface area (Å²) in [6, 6.07) is 11.2. The molecular formula is C21H35IN4O2S. The predicted molar refractivity (Wildman–Crippen MR) is 131 cm³/mol. The Balaban J connectivity index is 0.00000300. The van der Waals surface area contributed by atoms with Gasteiger partial charge in [0, 0.05) is 45.3 Å². The minimum atomic E-state index is -2.84. The summed E-state index contributed by atoms with van der Waals surface area (Å²) in [6.07, 6.45) is 1.85. The van der Waals surface area contributed by atoms with Crippen LogP contribution in [0.3, 0.4) is 0 Å². The van der Waals surface area contributed by atoms with E-state index < -0.39 is 9.84 Å². The van der Waals surface area contributed by atoms with Crippen molar-refractivity contribution in [2.45, 2.75) is 32.7 Å². The van der Waals surface area contributed by atoms with Crippen molar-refractivity contribution in [2.24, 2.45) is 10.9 Å². The van der Waals surface area contributed by atoms with E-state index in [9.17, 15) is 8.42 Å².